The van der Waals surface area contributed by atoms with Gasteiger partial charge >= 0.3 is 5.97 Å². The summed E-state index contributed by atoms with van der Waals surface area (Å²) in [5.41, 5.74) is 1.98. The minimum Gasteiger partial charge on any atom is -0.466 e. The molecule has 0 spiro atoms. The van der Waals surface area contributed by atoms with Crippen LogP contribution in [0.3, 0.4) is 0 Å². The maximum absolute atomic E-state index is 11.0. The number of methoxy groups -OCH3 is 1. The third-order valence-electron chi connectivity index (χ3n) is 2.28. The lowest BCUT2D eigenvalue weighted by Crippen LogP contribution is -2.17. The van der Waals surface area contributed by atoms with Gasteiger partial charge in [0, 0.05) is 17.8 Å². The quantitative estimate of drug-likeness (QED) is 0.624. The average Bonchev–Trinajstić information content (AvgIpc) is 2.29. The van der Waals surface area contributed by atoms with E-state index in [-0.39, 0.29) is 12.0 Å². The molecule has 1 aromatic rings. The van der Waals surface area contributed by atoms with Crippen LogP contribution in [0, 0.1) is 0 Å². The zero-order chi connectivity index (χ0) is 12.0. The molecule has 0 radical (unpaired) electrons. The van der Waals surface area contributed by atoms with Gasteiger partial charge in [0.25, 0.3) is 0 Å². The fraction of sp³-hybridized carbons (Fsp3) is 0.308. The first-order chi connectivity index (χ1) is 7.63. The molecule has 1 aromatic carbocycles. The fourth-order valence-corrected chi connectivity index (χ4v) is 1.44. The Labute approximate surface area is 96.1 Å². The molecule has 0 aliphatic carbocycles. The second-order valence-electron chi connectivity index (χ2n) is 3.63. The first kappa shape index (κ1) is 12.3. The molecule has 0 aromatic heterocycles. The number of ether oxygens (including phenoxy) is 1. The molecule has 1 N–H and O–H groups in total. The first-order valence-electron chi connectivity index (χ1n) is 5.21. The van der Waals surface area contributed by atoms with E-state index in [1.165, 1.54) is 18.7 Å². The van der Waals surface area contributed by atoms with Crippen LogP contribution in [0.2, 0.25) is 0 Å². The van der Waals surface area contributed by atoms with Crippen LogP contribution in [0.25, 0.3) is 0 Å². The predicted octanol–water partition coefficient (Wildman–Crippen LogP) is 2.41. The molecule has 0 saturated carbocycles. The molecule has 1 atom stereocenters. The highest BCUT2D eigenvalue weighted by atomic mass is 16.5. The summed E-state index contributed by atoms with van der Waals surface area (Å²) in [5, 5.41) is 3.22. The van der Waals surface area contributed by atoms with Crippen LogP contribution < -0.4 is 5.32 Å². The number of hydrogen-bond acceptors (Lipinski definition) is 3. The van der Waals surface area contributed by atoms with E-state index in [9.17, 15) is 4.79 Å². The Hall–Kier alpha value is -1.77. The molecular formula is C13H17NO2. The molecule has 0 fully saturated rings. The van der Waals surface area contributed by atoms with Gasteiger partial charge in [-0.05, 0) is 19.4 Å². The van der Waals surface area contributed by atoms with Crippen molar-refractivity contribution in [1.29, 1.82) is 0 Å². The highest BCUT2D eigenvalue weighted by Gasteiger charge is 2.04. The van der Waals surface area contributed by atoms with Crippen LogP contribution in [0.4, 0.5) is 0 Å². The van der Waals surface area contributed by atoms with Crippen molar-refractivity contribution in [3.63, 3.8) is 0 Å². The minimum atomic E-state index is -0.342. The van der Waals surface area contributed by atoms with E-state index in [2.05, 4.69) is 10.1 Å². The lowest BCUT2D eigenvalue weighted by atomic mass is 10.1. The molecule has 0 saturated heterocycles. The summed E-state index contributed by atoms with van der Waals surface area (Å²) in [7, 11) is 1.37. The van der Waals surface area contributed by atoms with Gasteiger partial charge in [0.05, 0.1) is 7.11 Å². The number of carbonyl (C=O) groups excluding carboxylic acids is 1. The van der Waals surface area contributed by atoms with Crippen LogP contribution in [-0.4, -0.2) is 13.1 Å². The molecule has 1 rings (SSSR count). The molecule has 1 unspecified atom stereocenters. The van der Waals surface area contributed by atoms with Crippen LogP contribution in [0.5, 0.6) is 0 Å². The van der Waals surface area contributed by atoms with Gasteiger partial charge in [-0.15, -0.1) is 0 Å². The van der Waals surface area contributed by atoms with Gasteiger partial charge in [-0.3, -0.25) is 0 Å². The van der Waals surface area contributed by atoms with Gasteiger partial charge in [-0.25, -0.2) is 4.79 Å². The number of carbonyl (C=O) groups is 1. The Morgan fingerprint density at radius 1 is 1.38 bits per heavy atom. The zero-order valence-corrected chi connectivity index (χ0v) is 9.86. The predicted molar refractivity (Wildman–Crippen MR) is 63.8 cm³/mol. The summed E-state index contributed by atoms with van der Waals surface area (Å²) in [6, 6.07) is 10.2. The van der Waals surface area contributed by atoms with Crippen molar-refractivity contribution >= 4 is 5.97 Å². The number of rotatable bonds is 4. The van der Waals surface area contributed by atoms with Gasteiger partial charge in [0.2, 0.25) is 0 Å². The maximum Gasteiger partial charge on any atom is 0.332 e. The van der Waals surface area contributed by atoms with Crippen molar-refractivity contribution in [3.05, 3.63) is 47.7 Å². The third kappa shape index (κ3) is 3.77. The van der Waals surface area contributed by atoms with Crippen molar-refractivity contribution in [2.24, 2.45) is 0 Å². The molecule has 0 bridgehead atoms. The summed E-state index contributed by atoms with van der Waals surface area (Å²) in [4.78, 5) is 11.0. The Balaban J connectivity index is 2.61. The van der Waals surface area contributed by atoms with E-state index in [4.69, 9.17) is 0 Å². The summed E-state index contributed by atoms with van der Waals surface area (Å²) < 4.78 is 4.55. The van der Waals surface area contributed by atoms with Crippen LogP contribution >= 0.6 is 0 Å². The number of benzene rings is 1. The highest BCUT2D eigenvalue weighted by molar-refractivity contribution is 5.82. The van der Waals surface area contributed by atoms with Crippen LogP contribution in [-0.2, 0) is 9.53 Å². The van der Waals surface area contributed by atoms with Crippen molar-refractivity contribution in [2.75, 3.05) is 7.11 Å². The maximum atomic E-state index is 11.0. The number of nitrogens with one attached hydrogen (secondary N) is 1. The molecule has 16 heavy (non-hydrogen) atoms. The smallest absolute Gasteiger partial charge is 0.332 e. The van der Waals surface area contributed by atoms with E-state index in [1.54, 1.807) is 0 Å². The summed E-state index contributed by atoms with van der Waals surface area (Å²) in [6.07, 6.45) is 1.44. The van der Waals surface area contributed by atoms with Gasteiger partial charge in [-0.1, -0.05) is 30.3 Å². The fourth-order valence-electron chi connectivity index (χ4n) is 1.44. The normalized spacial score (nSPS) is 13.1. The standard InChI is InChI=1S/C13H17NO2/c1-10(9-13(15)16-3)14-11(2)12-7-5-4-6-8-12/h4-9,11,14H,1-3H3/b10-9+. The molecule has 0 amide bonds. The molecular weight excluding hydrogens is 202 g/mol. The summed E-state index contributed by atoms with van der Waals surface area (Å²) in [5.74, 6) is -0.342. The van der Waals surface area contributed by atoms with Crippen molar-refractivity contribution in [2.45, 2.75) is 19.9 Å². The SMILES string of the molecule is COC(=O)/C=C(\C)NC(C)c1ccccc1. The van der Waals surface area contributed by atoms with Gasteiger partial charge < -0.3 is 10.1 Å². The molecule has 3 heteroatoms. The van der Waals surface area contributed by atoms with Crippen LogP contribution in [0.1, 0.15) is 25.5 Å². The monoisotopic (exact) mass is 219 g/mol. The topological polar surface area (TPSA) is 38.3 Å². The molecule has 0 aliphatic rings. The summed E-state index contributed by atoms with van der Waals surface area (Å²) in [6.45, 7) is 3.89. The Morgan fingerprint density at radius 2 is 2.00 bits per heavy atom. The number of hydrogen-bond donors (Lipinski definition) is 1. The second kappa shape index (κ2) is 5.95. The van der Waals surface area contributed by atoms with E-state index >= 15 is 0 Å². The molecule has 0 heterocycles. The van der Waals surface area contributed by atoms with Crippen molar-refractivity contribution in [3.8, 4) is 0 Å². The Kier molecular flexibility index (Phi) is 4.58. The van der Waals surface area contributed by atoms with Gasteiger partial charge in [0.15, 0.2) is 0 Å². The number of allylic oxidation sites excluding steroid dienone is 1. The zero-order valence-electron chi connectivity index (χ0n) is 9.86. The van der Waals surface area contributed by atoms with E-state index < -0.39 is 0 Å². The van der Waals surface area contributed by atoms with Gasteiger partial charge in [0.1, 0.15) is 0 Å². The summed E-state index contributed by atoms with van der Waals surface area (Å²) >= 11 is 0. The van der Waals surface area contributed by atoms with E-state index in [1.807, 2.05) is 44.2 Å². The largest absolute Gasteiger partial charge is 0.466 e. The van der Waals surface area contributed by atoms with Gasteiger partial charge in [-0.2, -0.15) is 0 Å². The average molecular weight is 219 g/mol. The minimum absolute atomic E-state index is 0.169. The van der Waals surface area contributed by atoms with E-state index in [0.29, 0.717) is 0 Å². The van der Waals surface area contributed by atoms with Crippen molar-refractivity contribution < 1.29 is 9.53 Å². The van der Waals surface area contributed by atoms with Crippen molar-refractivity contribution in [1.82, 2.24) is 5.32 Å². The lowest BCUT2D eigenvalue weighted by Gasteiger charge is -2.15. The third-order valence-corrected chi connectivity index (χ3v) is 2.28. The second-order valence-corrected chi connectivity index (χ2v) is 3.63. The highest BCUT2D eigenvalue weighted by Crippen LogP contribution is 2.12. The van der Waals surface area contributed by atoms with Crippen LogP contribution in [0.15, 0.2) is 42.1 Å². The molecule has 3 nitrogen and oxygen atoms in total. The first-order valence-corrected chi connectivity index (χ1v) is 5.21. The molecule has 86 valence electrons. The van der Waals surface area contributed by atoms with E-state index in [0.717, 1.165) is 5.70 Å². The molecule has 0 aliphatic heterocycles. The Bertz CT molecular complexity index is 371. The number of esters is 1. The lowest BCUT2D eigenvalue weighted by molar-refractivity contribution is -0.134. The Morgan fingerprint density at radius 3 is 2.56 bits per heavy atom.